The second-order valence-electron chi connectivity index (χ2n) is 6.22. The zero-order valence-corrected chi connectivity index (χ0v) is 16.1. The molecular formula is C21H21ClN2O4. The highest BCUT2D eigenvalue weighted by molar-refractivity contribution is 6.32. The monoisotopic (exact) mass is 400 g/mol. The van der Waals surface area contributed by atoms with Crippen LogP contribution in [0.4, 0.5) is 5.69 Å². The third kappa shape index (κ3) is 4.84. The third-order valence-corrected chi connectivity index (χ3v) is 4.36. The van der Waals surface area contributed by atoms with E-state index >= 15 is 0 Å². The first kappa shape index (κ1) is 19.8. The minimum absolute atomic E-state index is 0.0823. The lowest BCUT2D eigenvalue weighted by molar-refractivity contribution is -0.115. The van der Waals surface area contributed by atoms with E-state index in [4.69, 9.17) is 21.1 Å². The highest BCUT2D eigenvalue weighted by Gasteiger charge is 2.18. The van der Waals surface area contributed by atoms with E-state index in [1.54, 1.807) is 42.5 Å². The van der Waals surface area contributed by atoms with Gasteiger partial charge < -0.3 is 20.1 Å². The zero-order chi connectivity index (χ0) is 19.9. The fraction of sp³-hybridized carbons (Fsp3) is 0.238. The summed E-state index contributed by atoms with van der Waals surface area (Å²) in [4.78, 5) is 24.8. The molecule has 146 valence electrons. The van der Waals surface area contributed by atoms with Gasteiger partial charge in [-0.05, 0) is 29.8 Å². The van der Waals surface area contributed by atoms with Gasteiger partial charge in [-0.3, -0.25) is 9.59 Å². The van der Waals surface area contributed by atoms with Crippen LogP contribution in [-0.4, -0.2) is 31.6 Å². The molecule has 6 nitrogen and oxygen atoms in total. The number of hydrogen-bond acceptors (Lipinski definition) is 4. The maximum Gasteiger partial charge on any atom is 0.253 e. The Kier molecular flexibility index (Phi) is 6.55. The summed E-state index contributed by atoms with van der Waals surface area (Å²) in [7, 11) is 0. The van der Waals surface area contributed by atoms with Crippen molar-refractivity contribution in [3.05, 3.63) is 65.2 Å². The number of amides is 2. The van der Waals surface area contributed by atoms with Crippen LogP contribution < -0.4 is 20.1 Å². The molecule has 2 N–H and O–H groups in total. The predicted octanol–water partition coefficient (Wildman–Crippen LogP) is 3.60. The molecule has 0 spiro atoms. The van der Waals surface area contributed by atoms with Crippen LogP contribution in [0.25, 0.3) is 0 Å². The van der Waals surface area contributed by atoms with E-state index < -0.39 is 0 Å². The number of para-hydroxylation sites is 1. The molecule has 0 unspecified atom stereocenters. The number of carbonyl (C=O) groups excluding carboxylic acids is 2. The average Bonchev–Trinajstić information content (AvgIpc) is 2.92. The standard InChI is InChI=1S/C21H21ClN2O4/c1-2-8-23-21(26)15-6-3-4-7-17(15)24-19(25)13-14-11-16(22)20-18(12-14)27-9-5-10-28-20/h2-4,6-7,11-12H,1,5,8-10,13H2,(H,23,26)(H,24,25). The van der Waals surface area contributed by atoms with Crippen molar-refractivity contribution in [2.45, 2.75) is 12.8 Å². The topological polar surface area (TPSA) is 76.7 Å². The summed E-state index contributed by atoms with van der Waals surface area (Å²) in [6, 6.07) is 10.3. The first-order valence-corrected chi connectivity index (χ1v) is 9.32. The van der Waals surface area contributed by atoms with Crippen molar-refractivity contribution < 1.29 is 19.1 Å². The molecule has 0 aromatic heterocycles. The van der Waals surface area contributed by atoms with Gasteiger partial charge in [0.25, 0.3) is 5.91 Å². The van der Waals surface area contributed by atoms with Crippen LogP contribution in [0.1, 0.15) is 22.3 Å². The van der Waals surface area contributed by atoms with Gasteiger partial charge in [0.2, 0.25) is 5.91 Å². The number of halogens is 1. The van der Waals surface area contributed by atoms with Crippen LogP contribution in [0.15, 0.2) is 49.1 Å². The number of anilines is 1. The number of nitrogens with one attached hydrogen (secondary N) is 2. The summed E-state index contributed by atoms with van der Waals surface area (Å²) in [5.41, 5.74) is 1.52. The number of rotatable bonds is 6. The average molecular weight is 401 g/mol. The van der Waals surface area contributed by atoms with Crippen LogP contribution >= 0.6 is 11.6 Å². The third-order valence-electron chi connectivity index (χ3n) is 4.08. The Morgan fingerprint density at radius 2 is 1.96 bits per heavy atom. The van der Waals surface area contributed by atoms with E-state index in [0.29, 0.717) is 53.1 Å². The molecule has 7 heteroatoms. The molecule has 0 aliphatic carbocycles. The maximum atomic E-state index is 12.5. The molecule has 1 heterocycles. The second-order valence-corrected chi connectivity index (χ2v) is 6.63. The molecular weight excluding hydrogens is 380 g/mol. The Morgan fingerprint density at radius 3 is 2.79 bits per heavy atom. The van der Waals surface area contributed by atoms with Crippen LogP contribution in [0.5, 0.6) is 11.5 Å². The van der Waals surface area contributed by atoms with Crippen molar-refractivity contribution in [2.75, 3.05) is 25.1 Å². The lowest BCUT2D eigenvalue weighted by atomic mass is 10.1. The molecule has 0 saturated heterocycles. The number of benzene rings is 2. The van der Waals surface area contributed by atoms with Gasteiger partial charge in [-0.1, -0.05) is 29.8 Å². The van der Waals surface area contributed by atoms with Gasteiger partial charge >= 0.3 is 0 Å². The van der Waals surface area contributed by atoms with E-state index in [1.165, 1.54) is 0 Å². The summed E-state index contributed by atoms with van der Waals surface area (Å²) in [5, 5.41) is 5.90. The Balaban J connectivity index is 1.73. The van der Waals surface area contributed by atoms with E-state index in [0.717, 1.165) is 6.42 Å². The van der Waals surface area contributed by atoms with Gasteiger partial charge in [0.05, 0.1) is 35.9 Å². The van der Waals surface area contributed by atoms with Crippen molar-refractivity contribution in [1.82, 2.24) is 5.32 Å². The van der Waals surface area contributed by atoms with Crippen LogP contribution in [0.3, 0.4) is 0 Å². The van der Waals surface area contributed by atoms with Gasteiger partial charge in [-0.2, -0.15) is 0 Å². The molecule has 2 amide bonds. The predicted molar refractivity (Wildman–Crippen MR) is 108 cm³/mol. The van der Waals surface area contributed by atoms with Crippen molar-refractivity contribution in [3.63, 3.8) is 0 Å². The summed E-state index contributed by atoms with van der Waals surface area (Å²) >= 11 is 6.28. The summed E-state index contributed by atoms with van der Waals surface area (Å²) in [5.74, 6) is 0.494. The summed E-state index contributed by atoms with van der Waals surface area (Å²) < 4.78 is 11.3. The summed E-state index contributed by atoms with van der Waals surface area (Å²) in [6.45, 7) is 4.99. The molecule has 3 rings (SSSR count). The SMILES string of the molecule is C=CCNC(=O)c1ccccc1NC(=O)Cc1cc(Cl)c2c(c1)OCCCO2. The number of ether oxygens (including phenoxy) is 2. The lowest BCUT2D eigenvalue weighted by Crippen LogP contribution is -2.25. The smallest absolute Gasteiger partial charge is 0.253 e. The minimum Gasteiger partial charge on any atom is -0.489 e. The molecule has 0 saturated carbocycles. The van der Waals surface area contributed by atoms with Crippen LogP contribution in [0.2, 0.25) is 5.02 Å². The van der Waals surface area contributed by atoms with Gasteiger partial charge in [0.1, 0.15) is 0 Å². The first-order chi connectivity index (χ1) is 13.6. The van der Waals surface area contributed by atoms with Crippen LogP contribution in [0, 0.1) is 0 Å². The summed E-state index contributed by atoms with van der Waals surface area (Å²) in [6.07, 6.45) is 2.44. The van der Waals surface area contributed by atoms with E-state index in [1.807, 2.05) is 0 Å². The number of carbonyl (C=O) groups is 2. The molecule has 28 heavy (non-hydrogen) atoms. The zero-order valence-electron chi connectivity index (χ0n) is 15.3. The second kappa shape index (κ2) is 9.28. The largest absolute Gasteiger partial charge is 0.489 e. The maximum absolute atomic E-state index is 12.5. The van der Waals surface area contributed by atoms with Crippen LogP contribution in [-0.2, 0) is 11.2 Å². The Labute approximate surface area is 168 Å². The molecule has 1 aliphatic heterocycles. The van der Waals surface area contributed by atoms with E-state index in [2.05, 4.69) is 17.2 Å². The fourth-order valence-electron chi connectivity index (χ4n) is 2.82. The van der Waals surface area contributed by atoms with E-state index in [9.17, 15) is 9.59 Å². The highest BCUT2D eigenvalue weighted by atomic mass is 35.5. The highest BCUT2D eigenvalue weighted by Crippen LogP contribution is 2.38. The molecule has 0 atom stereocenters. The molecule has 0 bridgehead atoms. The Hall–Kier alpha value is -2.99. The molecule has 0 radical (unpaired) electrons. The Bertz CT molecular complexity index is 898. The van der Waals surface area contributed by atoms with Gasteiger partial charge in [-0.15, -0.1) is 6.58 Å². The van der Waals surface area contributed by atoms with E-state index in [-0.39, 0.29) is 18.2 Å². The first-order valence-electron chi connectivity index (χ1n) is 8.94. The van der Waals surface area contributed by atoms with Crippen molar-refractivity contribution >= 4 is 29.1 Å². The van der Waals surface area contributed by atoms with Gasteiger partial charge in [0.15, 0.2) is 11.5 Å². The number of fused-ring (bicyclic) bond motifs is 1. The molecule has 2 aromatic carbocycles. The fourth-order valence-corrected chi connectivity index (χ4v) is 3.10. The van der Waals surface area contributed by atoms with Crippen molar-refractivity contribution in [2.24, 2.45) is 0 Å². The van der Waals surface area contributed by atoms with Gasteiger partial charge in [0, 0.05) is 13.0 Å². The normalized spacial score (nSPS) is 12.6. The van der Waals surface area contributed by atoms with Crippen molar-refractivity contribution in [3.8, 4) is 11.5 Å². The molecule has 1 aliphatic rings. The number of hydrogen-bond donors (Lipinski definition) is 2. The minimum atomic E-state index is -0.283. The molecule has 2 aromatic rings. The quantitative estimate of drug-likeness (QED) is 0.726. The lowest BCUT2D eigenvalue weighted by Gasteiger charge is -2.13. The Morgan fingerprint density at radius 1 is 1.18 bits per heavy atom. The van der Waals surface area contributed by atoms with Crippen molar-refractivity contribution in [1.29, 1.82) is 0 Å². The van der Waals surface area contributed by atoms with Gasteiger partial charge in [-0.25, -0.2) is 0 Å². The molecule has 0 fully saturated rings.